The van der Waals surface area contributed by atoms with E-state index in [1.165, 1.54) is 0 Å². The molecule has 0 radical (unpaired) electrons. The molecule has 0 saturated heterocycles. The van der Waals surface area contributed by atoms with E-state index in [9.17, 15) is 0 Å². The van der Waals surface area contributed by atoms with E-state index in [1.54, 1.807) is 26.0 Å². The Kier molecular flexibility index (Phi) is 4.93. The Morgan fingerprint density at radius 1 is 1.00 bits per heavy atom. The van der Waals surface area contributed by atoms with Gasteiger partial charge < -0.3 is 15.2 Å². The molecule has 106 valence electrons. The van der Waals surface area contributed by atoms with E-state index >= 15 is 0 Å². The summed E-state index contributed by atoms with van der Waals surface area (Å²) in [4.78, 5) is 2.26. The molecule has 0 spiro atoms. The smallest absolute Gasteiger partial charge is 0.124 e. The van der Waals surface area contributed by atoms with Crippen molar-refractivity contribution in [1.82, 2.24) is 0 Å². The highest BCUT2D eigenvalue weighted by molar-refractivity contribution is 7.99. The quantitative estimate of drug-likeness (QED) is 0.907. The van der Waals surface area contributed by atoms with Crippen molar-refractivity contribution in [3.8, 4) is 11.5 Å². The molecule has 0 heterocycles. The molecule has 0 amide bonds. The Morgan fingerprint density at radius 3 is 2.25 bits per heavy atom. The largest absolute Gasteiger partial charge is 0.497 e. The Bertz CT molecular complexity index is 567. The van der Waals surface area contributed by atoms with Gasteiger partial charge in [0.1, 0.15) is 11.5 Å². The van der Waals surface area contributed by atoms with Crippen LogP contribution in [0.1, 0.15) is 18.5 Å². The maximum Gasteiger partial charge on any atom is 0.124 e. The molecule has 3 nitrogen and oxygen atoms in total. The van der Waals surface area contributed by atoms with Gasteiger partial charge >= 0.3 is 0 Å². The van der Waals surface area contributed by atoms with E-state index in [-0.39, 0.29) is 6.04 Å². The number of hydrogen-bond donors (Lipinski definition) is 1. The van der Waals surface area contributed by atoms with Crippen LogP contribution in [0.15, 0.2) is 52.3 Å². The molecule has 1 atom stereocenters. The van der Waals surface area contributed by atoms with Gasteiger partial charge in [-0.1, -0.05) is 17.8 Å². The van der Waals surface area contributed by atoms with Crippen LogP contribution in [0.5, 0.6) is 11.5 Å². The van der Waals surface area contributed by atoms with Crippen molar-refractivity contribution < 1.29 is 9.47 Å². The van der Waals surface area contributed by atoms with Crippen molar-refractivity contribution in [3.63, 3.8) is 0 Å². The third-order valence-corrected chi connectivity index (χ3v) is 4.07. The minimum absolute atomic E-state index is 0.0769. The predicted molar refractivity (Wildman–Crippen MR) is 82.7 cm³/mol. The third-order valence-electron chi connectivity index (χ3n) is 2.99. The van der Waals surface area contributed by atoms with Crippen LogP contribution < -0.4 is 15.2 Å². The molecular formula is C16H19NO2S. The fourth-order valence-corrected chi connectivity index (χ4v) is 3.08. The lowest BCUT2D eigenvalue weighted by molar-refractivity contribution is 0.405. The lowest BCUT2D eigenvalue weighted by Crippen LogP contribution is -2.08. The molecule has 0 aliphatic heterocycles. The zero-order valence-corrected chi connectivity index (χ0v) is 12.7. The minimum atomic E-state index is -0.0769. The van der Waals surface area contributed by atoms with E-state index in [4.69, 9.17) is 15.2 Å². The molecule has 0 aliphatic carbocycles. The normalized spacial score (nSPS) is 12.0. The molecule has 20 heavy (non-hydrogen) atoms. The summed E-state index contributed by atoms with van der Waals surface area (Å²) in [5, 5.41) is 0. The predicted octanol–water partition coefficient (Wildman–Crippen LogP) is 3.87. The van der Waals surface area contributed by atoms with Crippen molar-refractivity contribution in [3.05, 3.63) is 48.0 Å². The maximum atomic E-state index is 6.08. The van der Waals surface area contributed by atoms with E-state index in [2.05, 4.69) is 6.07 Å². The first-order valence-corrected chi connectivity index (χ1v) is 7.21. The van der Waals surface area contributed by atoms with Crippen LogP contribution >= 0.6 is 11.8 Å². The van der Waals surface area contributed by atoms with Gasteiger partial charge in [-0.15, -0.1) is 0 Å². The van der Waals surface area contributed by atoms with E-state index in [0.29, 0.717) is 0 Å². The van der Waals surface area contributed by atoms with Crippen LogP contribution in [0.4, 0.5) is 0 Å². The van der Waals surface area contributed by atoms with Gasteiger partial charge in [-0.2, -0.15) is 0 Å². The topological polar surface area (TPSA) is 44.5 Å². The van der Waals surface area contributed by atoms with Crippen molar-refractivity contribution in [2.24, 2.45) is 5.73 Å². The second kappa shape index (κ2) is 6.68. The summed E-state index contributed by atoms with van der Waals surface area (Å²) in [6.07, 6.45) is 0. The van der Waals surface area contributed by atoms with Gasteiger partial charge in [0.05, 0.1) is 14.2 Å². The summed E-state index contributed by atoms with van der Waals surface area (Å²) >= 11 is 1.68. The first-order chi connectivity index (χ1) is 9.65. The van der Waals surface area contributed by atoms with Crippen LogP contribution in [0, 0.1) is 0 Å². The van der Waals surface area contributed by atoms with E-state index < -0.39 is 0 Å². The molecule has 2 aromatic carbocycles. The zero-order valence-electron chi connectivity index (χ0n) is 11.9. The van der Waals surface area contributed by atoms with Gasteiger partial charge in [0.25, 0.3) is 0 Å². The number of rotatable bonds is 5. The number of nitrogens with two attached hydrogens (primary N) is 1. The van der Waals surface area contributed by atoms with Crippen molar-refractivity contribution in [1.29, 1.82) is 0 Å². The van der Waals surface area contributed by atoms with Gasteiger partial charge in [-0.25, -0.2) is 0 Å². The lowest BCUT2D eigenvalue weighted by atomic mass is 10.1. The number of benzene rings is 2. The highest BCUT2D eigenvalue weighted by Gasteiger charge is 2.14. The highest BCUT2D eigenvalue weighted by Crippen LogP contribution is 2.37. The van der Waals surface area contributed by atoms with Crippen LogP contribution in [-0.2, 0) is 0 Å². The zero-order chi connectivity index (χ0) is 14.5. The Labute approximate surface area is 124 Å². The average molecular weight is 289 g/mol. The molecule has 0 aliphatic rings. The molecular weight excluding hydrogens is 270 g/mol. The maximum absolute atomic E-state index is 6.08. The van der Waals surface area contributed by atoms with Gasteiger partial charge in [0.2, 0.25) is 0 Å². The second-order valence-corrected chi connectivity index (χ2v) is 5.55. The average Bonchev–Trinajstić information content (AvgIpc) is 2.47. The lowest BCUT2D eigenvalue weighted by Gasteiger charge is -2.16. The monoisotopic (exact) mass is 289 g/mol. The molecule has 2 N–H and O–H groups in total. The molecule has 2 aromatic rings. The highest BCUT2D eigenvalue weighted by atomic mass is 32.2. The fraction of sp³-hybridized carbons (Fsp3) is 0.250. The summed E-state index contributed by atoms with van der Waals surface area (Å²) in [6.45, 7) is 1.97. The van der Waals surface area contributed by atoms with Crippen molar-refractivity contribution in [2.45, 2.75) is 22.8 Å². The summed E-state index contributed by atoms with van der Waals surface area (Å²) in [7, 11) is 3.33. The van der Waals surface area contributed by atoms with E-state index in [0.717, 1.165) is 26.9 Å². The molecule has 0 fully saturated rings. The van der Waals surface area contributed by atoms with Crippen LogP contribution in [0.2, 0.25) is 0 Å². The summed E-state index contributed by atoms with van der Waals surface area (Å²) < 4.78 is 10.6. The van der Waals surface area contributed by atoms with Gasteiger partial charge in [0.15, 0.2) is 0 Å². The van der Waals surface area contributed by atoms with Crippen LogP contribution in [-0.4, -0.2) is 14.2 Å². The van der Waals surface area contributed by atoms with Gasteiger partial charge in [-0.05, 0) is 43.3 Å². The number of hydrogen-bond acceptors (Lipinski definition) is 4. The van der Waals surface area contributed by atoms with Crippen LogP contribution in [0.3, 0.4) is 0 Å². The van der Waals surface area contributed by atoms with E-state index in [1.807, 2.05) is 43.3 Å². The summed E-state index contributed by atoms with van der Waals surface area (Å²) in [6, 6.07) is 13.9. The number of ether oxygens (including phenoxy) is 2. The fourth-order valence-electron chi connectivity index (χ4n) is 2.01. The molecule has 0 unspecified atom stereocenters. The summed E-state index contributed by atoms with van der Waals surface area (Å²) in [5.41, 5.74) is 7.11. The van der Waals surface area contributed by atoms with Crippen molar-refractivity contribution >= 4 is 11.8 Å². The molecule has 0 bridgehead atoms. The molecule has 4 heteroatoms. The third kappa shape index (κ3) is 3.26. The Morgan fingerprint density at radius 2 is 1.70 bits per heavy atom. The molecule has 0 saturated carbocycles. The Balaban J connectivity index is 2.32. The number of methoxy groups -OCH3 is 2. The standard InChI is InChI=1S/C16H19NO2S/c1-11(17)16-14(19-3)5-4-6-15(16)20-13-9-7-12(18-2)8-10-13/h4-11H,17H2,1-3H3/t11-/m1/s1. The second-order valence-electron chi connectivity index (χ2n) is 4.44. The molecule has 2 rings (SSSR count). The van der Waals surface area contributed by atoms with Crippen molar-refractivity contribution in [2.75, 3.05) is 14.2 Å². The summed E-state index contributed by atoms with van der Waals surface area (Å²) in [5.74, 6) is 1.69. The van der Waals surface area contributed by atoms with Gasteiger partial charge in [0, 0.05) is 21.4 Å². The molecule has 0 aromatic heterocycles. The minimum Gasteiger partial charge on any atom is -0.497 e. The first-order valence-electron chi connectivity index (χ1n) is 6.40. The Hall–Kier alpha value is -1.65. The SMILES string of the molecule is COc1ccc(Sc2cccc(OC)c2[C@@H](C)N)cc1. The van der Waals surface area contributed by atoms with Crippen LogP contribution in [0.25, 0.3) is 0 Å². The van der Waals surface area contributed by atoms with Gasteiger partial charge in [-0.3, -0.25) is 0 Å². The first kappa shape index (κ1) is 14.8.